The molecule has 0 amide bonds. The Labute approximate surface area is 154 Å². The van der Waals surface area contributed by atoms with Gasteiger partial charge in [0, 0.05) is 0 Å². The Bertz CT molecular complexity index is 399. The molecule has 0 radical (unpaired) electrons. The van der Waals surface area contributed by atoms with Gasteiger partial charge in [-0.3, -0.25) is 0 Å². The maximum atomic E-state index is 12.9. The fourth-order valence-corrected chi connectivity index (χ4v) is 1.70. The van der Waals surface area contributed by atoms with Crippen LogP contribution in [0, 0.1) is 0 Å². The average Bonchev–Trinajstić information content (AvgIpc) is 2.28. The van der Waals surface area contributed by atoms with Gasteiger partial charge in [-0.2, -0.15) is 0 Å². The van der Waals surface area contributed by atoms with Crippen LogP contribution in [0.2, 0.25) is 0 Å². The first-order valence-electron chi connectivity index (χ1n) is 5.93. The molecular weight excluding hydrogens is 283 g/mol. The van der Waals surface area contributed by atoms with E-state index in [0.717, 1.165) is 18.9 Å². The number of ether oxygens (including phenoxy) is 2. The van der Waals surface area contributed by atoms with Gasteiger partial charge in [-0.05, 0) is 31.5 Å². The Morgan fingerprint density at radius 3 is 2.37 bits per heavy atom. The van der Waals surface area contributed by atoms with Gasteiger partial charge in [-0.15, -0.1) is 0 Å². The van der Waals surface area contributed by atoms with Gasteiger partial charge in [0.05, 0.1) is 19.0 Å². The summed E-state index contributed by atoms with van der Waals surface area (Å²) >= 11 is 0. The molecule has 0 N–H and O–H groups in total. The molecule has 0 heterocycles. The first kappa shape index (κ1) is 19.3. The Hall–Kier alpha value is 0.311. The van der Waals surface area contributed by atoms with Crippen LogP contribution in [0.15, 0.2) is 18.2 Å². The van der Waals surface area contributed by atoms with Crippen LogP contribution in [0.4, 0.5) is 12.9 Å². The molecule has 1 atom stereocenters. The van der Waals surface area contributed by atoms with Gasteiger partial charge in [0.15, 0.2) is 0 Å². The predicted octanol–water partition coefficient (Wildman–Crippen LogP) is 0.321. The predicted molar refractivity (Wildman–Crippen MR) is 66.7 cm³/mol. The molecule has 0 aliphatic rings. The Morgan fingerprint density at radius 1 is 1.26 bits per heavy atom. The minimum absolute atomic E-state index is 0. The zero-order chi connectivity index (χ0) is 13.8. The summed E-state index contributed by atoms with van der Waals surface area (Å²) in [5, 5.41) is 0. The van der Waals surface area contributed by atoms with Crippen LogP contribution in [0.5, 0.6) is 11.5 Å². The molecule has 1 aromatic carbocycles. The van der Waals surface area contributed by atoms with Crippen LogP contribution in [0.3, 0.4) is 0 Å². The molecule has 0 saturated carbocycles. The van der Waals surface area contributed by atoms with E-state index in [1.807, 2.05) is 6.92 Å². The standard InChI is InChI=1S/C12H17BF3O2.K/c1-4-5-9(2)18-12-7-6-10(17-3)8-11(12)13(14,15)16;/h6-9H,4-5H2,1-3H3;/q-1;+1. The van der Waals surface area contributed by atoms with E-state index in [1.54, 1.807) is 6.92 Å². The number of hydrogen-bond acceptors (Lipinski definition) is 2. The maximum Gasteiger partial charge on any atom is 1.00 e. The Morgan fingerprint density at radius 2 is 1.89 bits per heavy atom. The molecule has 0 aliphatic heterocycles. The van der Waals surface area contributed by atoms with Crippen molar-refractivity contribution in [2.45, 2.75) is 32.8 Å². The summed E-state index contributed by atoms with van der Waals surface area (Å²) in [6.07, 6.45) is 1.35. The summed E-state index contributed by atoms with van der Waals surface area (Å²) < 4.78 is 48.9. The van der Waals surface area contributed by atoms with E-state index in [4.69, 9.17) is 9.47 Å². The van der Waals surface area contributed by atoms with Gasteiger partial charge in [0.2, 0.25) is 0 Å². The summed E-state index contributed by atoms with van der Waals surface area (Å²) in [4.78, 5) is 0. The summed E-state index contributed by atoms with van der Waals surface area (Å²) in [5.41, 5.74) is -0.739. The largest absolute Gasteiger partial charge is 1.00 e. The van der Waals surface area contributed by atoms with Gasteiger partial charge in [-0.1, -0.05) is 18.8 Å². The van der Waals surface area contributed by atoms with Crippen LogP contribution >= 0.6 is 0 Å². The molecule has 0 spiro atoms. The van der Waals surface area contributed by atoms with Gasteiger partial charge < -0.3 is 22.4 Å². The molecule has 0 aliphatic carbocycles. The van der Waals surface area contributed by atoms with Crippen LogP contribution < -0.4 is 66.3 Å². The summed E-state index contributed by atoms with van der Waals surface area (Å²) in [5.74, 6) is 0.0592. The smallest absolute Gasteiger partial charge is 0.497 e. The SMILES string of the molecule is CCCC(C)Oc1ccc(OC)cc1[B-](F)(F)F.[K+]. The molecule has 7 heteroatoms. The molecule has 0 aromatic heterocycles. The summed E-state index contributed by atoms with van der Waals surface area (Å²) in [7, 11) is 1.34. The molecule has 2 nitrogen and oxygen atoms in total. The first-order chi connectivity index (χ1) is 8.38. The fraction of sp³-hybridized carbons (Fsp3) is 0.500. The second-order valence-electron chi connectivity index (χ2n) is 4.20. The number of halogens is 3. The van der Waals surface area contributed by atoms with E-state index in [9.17, 15) is 12.9 Å². The molecule has 1 unspecified atom stereocenters. The summed E-state index contributed by atoms with van der Waals surface area (Å²) in [6, 6.07) is 3.77. The molecular formula is C12H17BF3KO2. The van der Waals surface area contributed by atoms with Crippen LogP contribution in [0.1, 0.15) is 26.7 Å². The van der Waals surface area contributed by atoms with E-state index < -0.39 is 12.4 Å². The summed E-state index contributed by atoms with van der Waals surface area (Å²) in [6.45, 7) is -1.39. The zero-order valence-corrected chi connectivity index (χ0v) is 14.9. The van der Waals surface area contributed by atoms with E-state index in [-0.39, 0.29) is 69.0 Å². The van der Waals surface area contributed by atoms with Gasteiger partial charge >= 0.3 is 58.4 Å². The van der Waals surface area contributed by atoms with Crippen LogP contribution in [-0.2, 0) is 0 Å². The quantitative estimate of drug-likeness (QED) is 0.705. The molecule has 102 valence electrons. The molecule has 19 heavy (non-hydrogen) atoms. The Kier molecular flexibility index (Phi) is 8.71. The molecule has 0 bridgehead atoms. The van der Waals surface area contributed by atoms with Gasteiger partial charge in [0.25, 0.3) is 0 Å². The molecule has 0 fully saturated rings. The number of hydrogen-bond donors (Lipinski definition) is 0. The normalized spacial score (nSPS) is 12.5. The average molecular weight is 300 g/mol. The zero-order valence-electron chi connectivity index (χ0n) is 11.8. The molecule has 1 aromatic rings. The van der Waals surface area contributed by atoms with E-state index in [1.165, 1.54) is 19.2 Å². The number of rotatable bonds is 6. The fourth-order valence-electron chi connectivity index (χ4n) is 1.70. The number of benzene rings is 1. The van der Waals surface area contributed by atoms with Crippen molar-refractivity contribution in [2.24, 2.45) is 0 Å². The monoisotopic (exact) mass is 300 g/mol. The van der Waals surface area contributed by atoms with Crippen molar-refractivity contribution >= 4 is 12.4 Å². The van der Waals surface area contributed by atoms with Crippen molar-refractivity contribution in [3.05, 3.63) is 18.2 Å². The van der Waals surface area contributed by atoms with Crippen molar-refractivity contribution in [2.75, 3.05) is 7.11 Å². The van der Waals surface area contributed by atoms with Crippen LogP contribution in [-0.4, -0.2) is 20.2 Å². The van der Waals surface area contributed by atoms with Gasteiger partial charge in [0.1, 0.15) is 5.75 Å². The van der Waals surface area contributed by atoms with Crippen molar-refractivity contribution in [3.63, 3.8) is 0 Å². The minimum Gasteiger partial charge on any atom is -0.497 e. The van der Waals surface area contributed by atoms with E-state index in [2.05, 4.69) is 0 Å². The van der Waals surface area contributed by atoms with E-state index >= 15 is 0 Å². The number of methoxy groups -OCH3 is 1. The van der Waals surface area contributed by atoms with Crippen molar-refractivity contribution < 1.29 is 73.8 Å². The second-order valence-corrected chi connectivity index (χ2v) is 4.20. The Balaban J connectivity index is 0.00000324. The maximum absolute atomic E-state index is 12.9. The molecule has 1 rings (SSSR count). The topological polar surface area (TPSA) is 18.5 Å². The van der Waals surface area contributed by atoms with E-state index in [0.29, 0.717) is 0 Å². The van der Waals surface area contributed by atoms with Gasteiger partial charge in [-0.25, -0.2) is 0 Å². The van der Waals surface area contributed by atoms with Crippen LogP contribution in [0.25, 0.3) is 0 Å². The minimum atomic E-state index is -5.11. The first-order valence-corrected chi connectivity index (χ1v) is 5.93. The van der Waals surface area contributed by atoms with Crippen molar-refractivity contribution in [1.29, 1.82) is 0 Å². The van der Waals surface area contributed by atoms with Crippen molar-refractivity contribution in [1.82, 2.24) is 0 Å². The third kappa shape index (κ3) is 6.08. The third-order valence-corrected chi connectivity index (χ3v) is 2.59. The second kappa shape index (κ2) is 8.57. The molecule has 0 saturated heterocycles. The third-order valence-electron chi connectivity index (χ3n) is 2.59. The van der Waals surface area contributed by atoms with Crippen molar-refractivity contribution in [3.8, 4) is 11.5 Å².